The van der Waals surface area contributed by atoms with E-state index in [1.165, 1.54) is 0 Å². The Bertz CT molecular complexity index is 685. The van der Waals surface area contributed by atoms with Crippen LogP contribution in [0.2, 0.25) is 0 Å². The summed E-state index contributed by atoms with van der Waals surface area (Å²) in [5.74, 6) is 1.48. The molecule has 1 saturated heterocycles. The predicted molar refractivity (Wildman–Crippen MR) is 85.4 cm³/mol. The molecule has 1 aliphatic rings. The van der Waals surface area contributed by atoms with Gasteiger partial charge in [0.1, 0.15) is 5.75 Å². The Balaban J connectivity index is 1.64. The van der Waals surface area contributed by atoms with Crippen molar-refractivity contribution in [3.05, 3.63) is 24.3 Å². The molecule has 0 spiro atoms. The zero-order valence-electron chi connectivity index (χ0n) is 13.4. The van der Waals surface area contributed by atoms with Crippen molar-refractivity contribution in [1.29, 1.82) is 0 Å². The number of hydrogen-bond acceptors (Lipinski definition) is 6. The molecule has 0 atom stereocenters. The van der Waals surface area contributed by atoms with Crippen LogP contribution in [0.4, 0.5) is 6.01 Å². The van der Waals surface area contributed by atoms with E-state index in [1.54, 1.807) is 7.11 Å². The zero-order chi connectivity index (χ0) is 16.2. The molecule has 1 amide bonds. The lowest BCUT2D eigenvalue weighted by Crippen LogP contribution is -2.34. The minimum atomic E-state index is 0.223. The van der Waals surface area contributed by atoms with Gasteiger partial charge in [-0.05, 0) is 18.6 Å². The highest BCUT2D eigenvalue weighted by Gasteiger charge is 2.21. The number of anilines is 1. The Morgan fingerprint density at radius 3 is 3.04 bits per heavy atom. The third kappa shape index (κ3) is 3.44. The summed E-state index contributed by atoms with van der Waals surface area (Å²) >= 11 is 0. The molecule has 1 aliphatic heterocycles. The number of likely N-dealkylation sites (N-methyl/N-ethyl adjacent to an activating group) is 1. The molecule has 0 bridgehead atoms. The Kier molecular flexibility index (Phi) is 4.45. The lowest BCUT2D eigenvalue weighted by atomic mass is 10.2. The van der Waals surface area contributed by atoms with Crippen LogP contribution in [-0.2, 0) is 4.79 Å². The standard InChI is InChI=1S/C16H20N4O3/c1-19(9-10-20-8-4-7-14(20)21)16-17-15(18-23-16)12-5-3-6-13(11-12)22-2/h3,5-6,11H,4,7-10H2,1-2H3. The van der Waals surface area contributed by atoms with Gasteiger partial charge in [-0.25, -0.2) is 0 Å². The van der Waals surface area contributed by atoms with Crippen molar-refractivity contribution in [2.24, 2.45) is 0 Å². The van der Waals surface area contributed by atoms with Gasteiger partial charge >= 0.3 is 6.01 Å². The highest BCUT2D eigenvalue weighted by molar-refractivity contribution is 5.78. The van der Waals surface area contributed by atoms with Crippen molar-refractivity contribution >= 4 is 11.9 Å². The van der Waals surface area contributed by atoms with Crippen molar-refractivity contribution in [2.75, 3.05) is 38.7 Å². The van der Waals surface area contributed by atoms with Gasteiger partial charge in [0.25, 0.3) is 0 Å². The summed E-state index contributed by atoms with van der Waals surface area (Å²) in [6.45, 7) is 2.17. The van der Waals surface area contributed by atoms with Crippen LogP contribution in [0.1, 0.15) is 12.8 Å². The maximum absolute atomic E-state index is 11.6. The first-order valence-corrected chi connectivity index (χ1v) is 7.64. The van der Waals surface area contributed by atoms with E-state index in [1.807, 2.05) is 41.1 Å². The smallest absolute Gasteiger partial charge is 0.324 e. The number of carbonyl (C=O) groups excluding carboxylic acids is 1. The third-order valence-corrected chi connectivity index (χ3v) is 3.95. The zero-order valence-corrected chi connectivity index (χ0v) is 13.4. The number of rotatable bonds is 6. The highest BCUT2D eigenvalue weighted by atomic mass is 16.5. The molecule has 0 radical (unpaired) electrons. The summed E-state index contributed by atoms with van der Waals surface area (Å²) in [6.07, 6.45) is 1.60. The highest BCUT2D eigenvalue weighted by Crippen LogP contribution is 2.23. The van der Waals surface area contributed by atoms with Gasteiger partial charge < -0.3 is 19.1 Å². The second kappa shape index (κ2) is 6.68. The fourth-order valence-corrected chi connectivity index (χ4v) is 2.56. The Labute approximate surface area is 134 Å². The number of benzene rings is 1. The maximum atomic E-state index is 11.6. The number of nitrogens with zero attached hydrogens (tertiary/aromatic N) is 4. The van der Waals surface area contributed by atoms with Crippen LogP contribution in [0.3, 0.4) is 0 Å². The van der Waals surface area contributed by atoms with E-state index < -0.39 is 0 Å². The molecule has 1 aromatic carbocycles. The molecule has 0 saturated carbocycles. The number of amides is 1. The van der Waals surface area contributed by atoms with Crippen LogP contribution in [0.5, 0.6) is 5.75 Å². The van der Waals surface area contributed by atoms with Crippen LogP contribution in [0, 0.1) is 0 Å². The van der Waals surface area contributed by atoms with Crippen molar-refractivity contribution < 1.29 is 14.1 Å². The normalized spacial score (nSPS) is 14.3. The minimum absolute atomic E-state index is 0.223. The van der Waals surface area contributed by atoms with E-state index in [0.717, 1.165) is 24.3 Å². The Morgan fingerprint density at radius 1 is 1.43 bits per heavy atom. The summed E-state index contributed by atoms with van der Waals surface area (Å²) in [5, 5.41) is 4.01. The quantitative estimate of drug-likeness (QED) is 0.809. The van der Waals surface area contributed by atoms with E-state index in [2.05, 4.69) is 10.1 Å². The van der Waals surface area contributed by atoms with Crippen LogP contribution in [-0.4, -0.2) is 54.7 Å². The second-order valence-electron chi connectivity index (χ2n) is 5.54. The summed E-state index contributed by atoms with van der Waals surface area (Å²) in [6, 6.07) is 7.95. The molecule has 0 unspecified atom stereocenters. The van der Waals surface area contributed by atoms with Crippen molar-refractivity contribution in [3.63, 3.8) is 0 Å². The average molecular weight is 316 g/mol. The number of carbonyl (C=O) groups is 1. The average Bonchev–Trinajstić information content (AvgIpc) is 3.22. The number of ether oxygens (including phenoxy) is 1. The monoisotopic (exact) mass is 316 g/mol. The Morgan fingerprint density at radius 2 is 2.30 bits per heavy atom. The number of likely N-dealkylation sites (tertiary alicyclic amines) is 1. The van der Waals surface area contributed by atoms with Crippen molar-refractivity contribution in [1.82, 2.24) is 15.0 Å². The minimum Gasteiger partial charge on any atom is -0.497 e. The van der Waals surface area contributed by atoms with E-state index in [9.17, 15) is 4.79 Å². The van der Waals surface area contributed by atoms with Gasteiger partial charge in [-0.15, -0.1) is 0 Å². The van der Waals surface area contributed by atoms with E-state index >= 15 is 0 Å². The van der Waals surface area contributed by atoms with E-state index in [-0.39, 0.29) is 5.91 Å². The SMILES string of the molecule is COc1cccc(-c2noc(N(C)CCN3CCCC3=O)n2)c1. The fraction of sp³-hybridized carbons (Fsp3) is 0.438. The summed E-state index contributed by atoms with van der Waals surface area (Å²) in [4.78, 5) is 19.8. The summed E-state index contributed by atoms with van der Waals surface area (Å²) < 4.78 is 10.5. The fourth-order valence-electron chi connectivity index (χ4n) is 2.56. The largest absolute Gasteiger partial charge is 0.497 e. The predicted octanol–water partition coefficient (Wildman–Crippen LogP) is 1.80. The first-order chi connectivity index (χ1) is 11.2. The molecule has 3 rings (SSSR count). The number of aromatic nitrogens is 2. The van der Waals surface area contributed by atoms with Crippen molar-refractivity contribution in [2.45, 2.75) is 12.8 Å². The van der Waals surface area contributed by atoms with Gasteiger partial charge in [0.2, 0.25) is 11.7 Å². The molecule has 2 heterocycles. The molecule has 0 N–H and O–H groups in total. The first-order valence-electron chi connectivity index (χ1n) is 7.64. The molecule has 23 heavy (non-hydrogen) atoms. The second-order valence-corrected chi connectivity index (χ2v) is 5.54. The maximum Gasteiger partial charge on any atom is 0.324 e. The topological polar surface area (TPSA) is 71.7 Å². The lowest BCUT2D eigenvalue weighted by Gasteiger charge is -2.19. The van der Waals surface area contributed by atoms with Crippen molar-refractivity contribution in [3.8, 4) is 17.1 Å². The number of hydrogen-bond donors (Lipinski definition) is 0. The van der Waals surface area contributed by atoms with E-state index in [0.29, 0.717) is 31.3 Å². The molecule has 1 aromatic heterocycles. The molecule has 1 fully saturated rings. The van der Waals surface area contributed by atoms with Crippen LogP contribution >= 0.6 is 0 Å². The third-order valence-electron chi connectivity index (χ3n) is 3.95. The van der Waals surface area contributed by atoms with E-state index in [4.69, 9.17) is 9.26 Å². The molecule has 0 aliphatic carbocycles. The van der Waals surface area contributed by atoms with Gasteiger partial charge in [-0.3, -0.25) is 4.79 Å². The molecular formula is C16H20N4O3. The van der Waals surface area contributed by atoms with Crippen LogP contribution < -0.4 is 9.64 Å². The van der Waals surface area contributed by atoms with Gasteiger partial charge in [0, 0.05) is 38.7 Å². The lowest BCUT2D eigenvalue weighted by molar-refractivity contribution is -0.127. The van der Waals surface area contributed by atoms with Crippen LogP contribution in [0.25, 0.3) is 11.4 Å². The molecule has 7 nitrogen and oxygen atoms in total. The molecule has 122 valence electrons. The van der Waals surface area contributed by atoms with Crippen LogP contribution in [0.15, 0.2) is 28.8 Å². The van der Waals surface area contributed by atoms with Gasteiger partial charge in [0.15, 0.2) is 0 Å². The molecular weight excluding hydrogens is 296 g/mol. The summed E-state index contributed by atoms with van der Waals surface area (Å²) in [5.41, 5.74) is 0.836. The summed E-state index contributed by atoms with van der Waals surface area (Å²) in [7, 11) is 3.50. The molecule has 7 heteroatoms. The Hall–Kier alpha value is -2.57. The van der Waals surface area contributed by atoms with Gasteiger partial charge in [-0.2, -0.15) is 4.98 Å². The number of methoxy groups -OCH3 is 1. The van der Waals surface area contributed by atoms with Gasteiger partial charge in [-0.1, -0.05) is 17.3 Å². The van der Waals surface area contributed by atoms with Gasteiger partial charge in [0.05, 0.1) is 7.11 Å². The first kappa shape index (κ1) is 15.3. The molecule has 2 aromatic rings.